The highest BCUT2D eigenvalue weighted by Crippen LogP contribution is 2.33. The van der Waals surface area contributed by atoms with E-state index in [1.807, 2.05) is 37.4 Å². The Bertz CT molecular complexity index is 1530. The molecule has 8 heteroatoms. The van der Waals surface area contributed by atoms with Crippen molar-refractivity contribution in [2.45, 2.75) is 6.92 Å². The van der Waals surface area contributed by atoms with E-state index in [4.69, 9.17) is 15.5 Å². The molecule has 6 rings (SSSR count). The first kappa shape index (κ1) is 20.4. The van der Waals surface area contributed by atoms with Crippen LogP contribution < -0.4 is 20.4 Å². The zero-order chi connectivity index (χ0) is 23.2. The minimum Gasteiger partial charge on any atom is -0.492 e. The smallest absolute Gasteiger partial charge is 0.248 e. The average molecular weight is 455 g/mol. The number of fused-ring (bicyclic) bond motifs is 5. The van der Waals surface area contributed by atoms with Crippen LogP contribution in [0.3, 0.4) is 0 Å². The number of ether oxygens (including phenoxy) is 1. The molecule has 0 bridgehead atoms. The van der Waals surface area contributed by atoms with Crippen LogP contribution in [0.5, 0.6) is 5.75 Å². The number of primary amides is 1. The van der Waals surface area contributed by atoms with Crippen LogP contribution in [-0.2, 0) is 0 Å². The molecule has 2 aromatic heterocycles. The third-order valence-corrected chi connectivity index (χ3v) is 6.58. The van der Waals surface area contributed by atoms with Crippen molar-refractivity contribution in [2.24, 2.45) is 5.73 Å². The van der Waals surface area contributed by atoms with Crippen molar-refractivity contribution in [3.8, 4) is 5.75 Å². The summed E-state index contributed by atoms with van der Waals surface area (Å²) in [6.45, 7) is 6.13. The number of H-pyrrole nitrogens is 1. The van der Waals surface area contributed by atoms with Crippen molar-refractivity contribution >= 4 is 44.3 Å². The Labute approximate surface area is 196 Å². The molecule has 8 nitrogen and oxygen atoms in total. The highest BCUT2D eigenvalue weighted by molar-refractivity contribution is 6.17. The average Bonchev–Trinajstić information content (AvgIpc) is 3.46. The standard InChI is InChI=1S/C26H26N6O2/c1-2-34-23-6-4-3-5-22(23)30-11-13-31(14-12-30)32-25-18(16-28-32)7-9-19-20-15-17(26(27)33)8-10-21(20)29-24(19)25/h3-10,15-16,28H,2,11-14H2,1H3,(H2,27,33). The highest BCUT2D eigenvalue weighted by atomic mass is 16.5. The van der Waals surface area contributed by atoms with Crippen molar-refractivity contribution in [3.05, 3.63) is 66.4 Å². The van der Waals surface area contributed by atoms with Crippen LogP contribution >= 0.6 is 0 Å². The van der Waals surface area contributed by atoms with Gasteiger partial charge in [-0.25, -0.2) is 4.98 Å². The minimum absolute atomic E-state index is 0.433. The molecule has 0 atom stereocenters. The number of para-hydroxylation sites is 2. The number of hydrogen-bond donors (Lipinski definition) is 2. The molecule has 1 saturated heterocycles. The number of benzene rings is 3. The fourth-order valence-electron chi connectivity index (χ4n) is 4.94. The minimum atomic E-state index is -0.433. The largest absolute Gasteiger partial charge is 0.492 e. The van der Waals surface area contributed by atoms with Gasteiger partial charge in [0.1, 0.15) is 11.3 Å². The van der Waals surface area contributed by atoms with E-state index < -0.39 is 5.91 Å². The third kappa shape index (κ3) is 3.22. The van der Waals surface area contributed by atoms with Crippen LogP contribution in [0.15, 0.2) is 60.8 Å². The summed E-state index contributed by atoms with van der Waals surface area (Å²) in [5, 5.41) is 8.79. The predicted molar refractivity (Wildman–Crippen MR) is 135 cm³/mol. The van der Waals surface area contributed by atoms with Crippen LogP contribution in [0.1, 0.15) is 17.3 Å². The van der Waals surface area contributed by atoms with Gasteiger partial charge in [0.2, 0.25) is 5.91 Å². The first-order valence-electron chi connectivity index (χ1n) is 11.6. The summed E-state index contributed by atoms with van der Waals surface area (Å²) in [6.07, 6.45) is 2.01. The van der Waals surface area contributed by atoms with Crippen molar-refractivity contribution in [1.82, 2.24) is 14.9 Å². The number of aromatic amines is 1. The molecule has 1 aliphatic heterocycles. The van der Waals surface area contributed by atoms with Crippen molar-refractivity contribution in [2.75, 3.05) is 42.7 Å². The third-order valence-electron chi connectivity index (χ3n) is 6.58. The number of aromatic nitrogens is 3. The lowest BCUT2D eigenvalue weighted by atomic mass is 10.1. The summed E-state index contributed by atoms with van der Waals surface area (Å²) in [7, 11) is 0. The molecule has 3 aromatic carbocycles. The number of hydrogen-bond acceptors (Lipinski definition) is 5. The second-order valence-corrected chi connectivity index (χ2v) is 8.53. The van der Waals surface area contributed by atoms with Gasteiger partial charge in [0.15, 0.2) is 0 Å². The molecule has 34 heavy (non-hydrogen) atoms. The lowest BCUT2D eigenvalue weighted by Gasteiger charge is -2.38. The summed E-state index contributed by atoms with van der Waals surface area (Å²) in [5.41, 5.74) is 9.95. The Kier molecular flexibility index (Phi) is 4.79. The van der Waals surface area contributed by atoms with Gasteiger partial charge in [-0.1, -0.05) is 24.3 Å². The van der Waals surface area contributed by atoms with Gasteiger partial charge in [-0.2, -0.15) is 4.79 Å². The number of nitrogens with one attached hydrogen (secondary N) is 1. The maximum absolute atomic E-state index is 11.7. The van der Waals surface area contributed by atoms with Crippen LogP contribution in [0.4, 0.5) is 5.69 Å². The monoisotopic (exact) mass is 454 g/mol. The number of piperazine rings is 1. The Morgan fingerprint density at radius 2 is 1.88 bits per heavy atom. The van der Waals surface area contributed by atoms with Crippen molar-refractivity contribution in [1.29, 1.82) is 0 Å². The van der Waals surface area contributed by atoms with Crippen molar-refractivity contribution in [3.63, 3.8) is 0 Å². The number of anilines is 1. The molecule has 0 unspecified atom stereocenters. The van der Waals surface area contributed by atoms with Gasteiger partial charge in [-0.15, -0.1) is 0 Å². The van der Waals surface area contributed by atoms with E-state index in [1.54, 1.807) is 6.07 Å². The molecule has 0 aliphatic carbocycles. The maximum Gasteiger partial charge on any atom is 0.248 e. The Balaban J connectivity index is 1.35. The van der Waals surface area contributed by atoms with Crippen LogP contribution in [0, 0.1) is 0 Å². The van der Waals surface area contributed by atoms with Gasteiger partial charge in [-0.3, -0.25) is 14.9 Å². The van der Waals surface area contributed by atoms with E-state index in [2.05, 4.69) is 44.1 Å². The molecular formula is C26H26N6O2. The SMILES string of the molecule is CCOc1ccccc1N1CCN(n2[nH]cc3ccc4c5cc(C(N)=O)ccc5nc4c32)CC1. The summed E-state index contributed by atoms with van der Waals surface area (Å²) in [4.78, 5) is 21.1. The molecule has 3 N–H and O–H groups in total. The zero-order valence-electron chi connectivity index (χ0n) is 19.0. The molecule has 3 heterocycles. The molecule has 5 aromatic rings. The molecule has 0 saturated carbocycles. The summed E-state index contributed by atoms with van der Waals surface area (Å²) < 4.78 is 5.84. The molecule has 0 radical (unpaired) electrons. The maximum atomic E-state index is 11.7. The number of nitrogens with two attached hydrogens (primary N) is 1. The van der Waals surface area contributed by atoms with Gasteiger partial charge < -0.3 is 15.4 Å². The normalized spacial score (nSPS) is 14.4. The van der Waals surface area contributed by atoms with E-state index >= 15 is 0 Å². The van der Waals surface area contributed by atoms with Gasteiger partial charge in [0.05, 0.1) is 36.4 Å². The lowest BCUT2D eigenvalue weighted by Crippen LogP contribution is -2.51. The molecule has 0 spiro atoms. The van der Waals surface area contributed by atoms with E-state index in [1.165, 1.54) is 0 Å². The molecule has 1 aliphatic rings. The highest BCUT2D eigenvalue weighted by Gasteiger charge is 2.22. The topological polar surface area (TPSA) is 92.4 Å². The molecule has 1 fully saturated rings. The van der Waals surface area contributed by atoms with Crippen molar-refractivity contribution < 1.29 is 9.53 Å². The predicted octanol–water partition coefficient (Wildman–Crippen LogP) is 3.63. The second-order valence-electron chi connectivity index (χ2n) is 8.53. The quantitative estimate of drug-likeness (QED) is 0.423. The fourth-order valence-corrected chi connectivity index (χ4v) is 4.94. The molecule has 172 valence electrons. The number of amides is 1. The zero-order valence-corrected chi connectivity index (χ0v) is 19.0. The lowest BCUT2D eigenvalue weighted by molar-refractivity contribution is 0.100. The van der Waals surface area contributed by atoms with E-state index in [0.717, 1.165) is 70.3 Å². The Hall–Kier alpha value is -4.20. The number of rotatable bonds is 5. The van der Waals surface area contributed by atoms with E-state index in [-0.39, 0.29) is 0 Å². The number of carbonyl (C=O) groups is 1. The molecular weight excluding hydrogens is 428 g/mol. The molecule has 1 amide bonds. The van der Waals surface area contributed by atoms with Gasteiger partial charge in [0, 0.05) is 41.0 Å². The number of carbonyl (C=O) groups excluding carboxylic acids is 1. The van der Waals surface area contributed by atoms with Crippen LogP contribution in [0.25, 0.3) is 32.7 Å². The summed E-state index contributed by atoms with van der Waals surface area (Å²) >= 11 is 0. The van der Waals surface area contributed by atoms with Gasteiger partial charge >= 0.3 is 0 Å². The second kappa shape index (κ2) is 7.98. The Morgan fingerprint density at radius 1 is 1.06 bits per heavy atom. The van der Waals surface area contributed by atoms with Crippen LogP contribution in [-0.4, -0.2) is 53.6 Å². The fraction of sp³-hybridized carbons (Fsp3) is 0.231. The first-order valence-corrected chi connectivity index (χ1v) is 11.6. The summed E-state index contributed by atoms with van der Waals surface area (Å²) in [6, 6.07) is 17.8. The first-order chi connectivity index (χ1) is 16.6. The van der Waals surface area contributed by atoms with Crippen LogP contribution in [0.2, 0.25) is 0 Å². The van der Waals surface area contributed by atoms with E-state index in [0.29, 0.717) is 12.2 Å². The summed E-state index contributed by atoms with van der Waals surface area (Å²) in [5.74, 6) is 0.499. The number of nitrogens with zero attached hydrogens (tertiary/aromatic N) is 4. The van der Waals surface area contributed by atoms with Gasteiger partial charge in [0.25, 0.3) is 0 Å². The van der Waals surface area contributed by atoms with E-state index in [9.17, 15) is 4.79 Å². The Morgan fingerprint density at radius 3 is 2.68 bits per heavy atom. The van der Waals surface area contributed by atoms with Gasteiger partial charge in [-0.05, 0) is 37.3 Å².